The topological polar surface area (TPSA) is 97.4 Å². The summed E-state index contributed by atoms with van der Waals surface area (Å²) in [5, 5.41) is 0. The van der Waals surface area contributed by atoms with Crippen LogP contribution in [0.2, 0.25) is 0 Å². The zero-order valence-electron chi connectivity index (χ0n) is 34.1. The van der Waals surface area contributed by atoms with Crippen molar-refractivity contribution < 1.29 is 38.1 Å². The molecule has 2 aromatic rings. The standard InChI is InChI=1S/C44H64O8/c1-15-33-25(2)26(3)37(52-41(47)44(12,13)14)38(49-33)32-22-18-30(19-23-32)29-16-20-31(21-17-29)35-27(4)28(5)36(51-40(46)43(9,10)11)34(50-35)24-48-39(45)42(6,7)8/h16-23,25-28,33-38H,15,24H2,1-14H3/t25-,26-,27-,28+,33+,34+,35-,36-,37-,38+/m0/s1. The van der Waals surface area contributed by atoms with Crippen molar-refractivity contribution in [2.75, 3.05) is 6.61 Å². The molecule has 8 nitrogen and oxygen atoms in total. The average molecular weight is 721 g/mol. The molecule has 2 fully saturated rings. The fourth-order valence-electron chi connectivity index (χ4n) is 6.92. The molecule has 2 saturated heterocycles. The summed E-state index contributed by atoms with van der Waals surface area (Å²) in [6, 6.07) is 16.7. The van der Waals surface area contributed by atoms with Crippen LogP contribution in [0.3, 0.4) is 0 Å². The molecular weight excluding hydrogens is 656 g/mol. The zero-order chi connectivity index (χ0) is 38.9. The van der Waals surface area contributed by atoms with Crippen LogP contribution in [-0.4, -0.2) is 48.9 Å². The summed E-state index contributed by atoms with van der Waals surface area (Å²) >= 11 is 0. The lowest BCUT2D eigenvalue weighted by Crippen LogP contribution is -2.51. The number of carbonyl (C=O) groups is 3. The van der Waals surface area contributed by atoms with E-state index in [2.05, 4.69) is 83.1 Å². The molecule has 2 aliphatic rings. The van der Waals surface area contributed by atoms with E-state index in [9.17, 15) is 14.4 Å². The molecule has 0 aliphatic carbocycles. The summed E-state index contributed by atoms with van der Waals surface area (Å²) in [7, 11) is 0. The molecule has 2 aromatic carbocycles. The maximum absolute atomic E-state index is 13.0. The Morgan fingerprint density at radius 1 is 0.538 bits per heavy atom. The third-order valence-corrected chi connectivity index (χ3v) is 11.0. The molecule has 52 heavy (non-hydrogen) atoms. The third-order valence-electron chi connectivity index (χ3n) is 11.0. The SMILES string of the molecule is CC[C@H]1O[C@H](c2ccc(-c3ccc([C@H]4O[C@H](COC(=O)C(C)(C)C)[C@@H](OC(=O)C(C)(C)C)[C@H](C)[C@@H]4C)cc3)cc2)[C@@H](OC(=O)C(C)(C)C)[C@@H](C)[C@@H]1C. The van der Waals surface area contributed by atoms with Gasteiger partial charge in [-0.25, -0.2) is 0 Å². The van der Waals surface area contributed by atoms with E-state index in [1.807, 2.05) is 62.3 Å². The third kappa shape index (κ3) is 9.46. The first-order valence-corrected chi connectivity index (χ1v) is 19.1. The Morgan fingerprint density at radius 2 is 0.942 bits per heavy atom. The van der Waals surface area contributed by atoms with Crippen LogP contribution in [0.5, 0.6) is 0 Å². The van der Waals surface area contributed by atoms with Gasteiger partial charge in [0.15, 0.2) is 0 Å². The molecule has 4 rings (SSSR count). The number of carbonyl (C=O) groups excluding carboxylic acids is 3. The van der Waals surface area contributed by atoms with Gasteiger partial charge in [-0.15, -0.1) is 0 Å². The second-order valence-corrected chi connectivity index (χ2v) is 18.4. The summed E-state index contributed by atoms with van der Waals surface area (Å²) < 4.78 is 31.2. The molecule has 0 radical (unpaired) electrons. The average Bonchev–Trinajstić information content (AvgIpc) is 3.07. The molecular formula is C44H64O8. The maximum atomic E-state index is 13.0. The number of ether oxygens (including phenoxy) is 5. The highest BCUT2D eigenvalue weighted by Crippen LogP contribution is 2.44. The van der Waals surface area contributed by atoms with Gasteiger partial charge >= 0.3 is 17.9 Å². The Bertz CT molecular complexity index is 1520. The predicted molar refractivity (Wildman–Crippen MR) is 203 cm³/mol. The van der Waals surface area contributed by atoms with Crippen LogP contribution in [0, 0.1) is 39.9 Å². The molecule has 288 valence electrons. The number of hydrogen-bond acceptors (Lipinski definition) is 8. The molecule has 2 aliphatic heterocycles. The minimum Gasteiger partial charge on any atom is -0.462 e. The van der Waals surface area contributed by atoms with Gasteiger partial charge in [0, 0.05) is 11.8 Å². The highest BCUT2D eigenvalue weighted by atomic mass is 16.6. The van der Waals surface area contributed by atoms with Crippen LogP contribution < -0.4 is 0 Å². The second-order valence-electron chi connectivity index (χ2n) is 18.4. The van der Waals surface area contributed by atoms with Gasteiger partial charge in [0.1, 0.15) is 31.0 Å². The van der Waals surface area contributed by atoms with Gasteiger partial charge in [0.25, 0.3) is 0 Å². The van der Waals surface area contributed by atoms with Crippen LogP contribution in [0.4, 0.5) is 0 Å². The number of rotatable bonds is 8. The smallest absolute Gasteiger partial charge is 0.311 e. The van der Waals surface area contributed by atoms with Crippen molar-refractivity contribution in [3.63, 3.8) is 0 Å². The minimum absolute atomic E-state index is 0.00610. The van der Waals surface area contributed by atoms with E-state index < -0.39 is 28.5 Å². The van der Waals surface area contributed by atoms with Crippen molar-refractivity contribution in [1.82, 2.24) is 0 Å². The molecule has 0 N–H and O–H groups in total. The molecule has 0 bridgehead atoms. The first-order chi connectivity index (χ1) is 24.0. The molecule has 0 saturated carbocycles. The number of benzene rings is 2. The second kappa shape index (κ2) is 16.0. The van der Waals surface area contributed by atoms with Gasteiger partial charge in [-0.3, -0.25) is 14.4 Å². The van der Waals surface area contributed by atoms with E-state index in [1.165, 1.54) is 0 Å². The van der Waals surface area contributed by atoms with Gasteiger partial charge in [0.05, 0.1) is 28.5 Å². The first-order valence-electron chi connectivity index (χ1n) is 19.1. The lowest BCUT2D eigenvalue weighted by atomic mass is 9.78. The van der Waals surface area contributed by atoms with E-state index in [0.29, 0.717) is 0 Å². The van der Waals surface area contributed by atoms with Crippen LogP contribution in [-0.2, 0) is 38.1 Å². The van der Waals surface area contributed by atoms with E-state index in [4.69, 9.17) is 23.7 Å². The number of hydrogen-bond donors (Lipinski definition) is 0. The Balaban J connectivity index is 1.55. The fourth-order valence-corrected chi connectivity index (χ4v) is 6.92. The maximum Gasteiger partial charge on any atom is 0.311 e. The summed E-state index contributed by atoms with van der Waals surface area (Å²) in [5.41, 5.74) is 2.13. The molecule has 8 heteroatoms. The van der Waals surface area contributed by atoms with Gasteiger partial charge in [-0.1, -0.05) is 83.1 Å². The fraction of sp³-hybridized carbons (Fsp3) is 0.659. The van der Waals surface area contributed by atoms with Crippen LogP contribution in [0.25, 0.3) is 11.1 Å². The van der Waals surface area contributed by atoms with Gasteiger partial charge in [0.2, 0.25) is 0 Å². The van der Waals surface area contributed by atoms with Crippen molar-refractivity contribution in [3.8, 4) is 11.1 Å². The largest absolute Gasteiger partial charge is 0.462 e. The Hall–Kier alpha value is -3.23. The summed E-state index contributed by atoms with van der Waals surface area (Å²) in [4.78, 5) is 38.7. The van der Waals surface area contributed by atoms with Crippen molar-refractivity contribution >= 4 is 17.9 Å². The van der Waals surface area contributed by atoms with Gasteiger partial charge in [-0.2, -0.15) is 0 Å². The molecule has 0 unspecified atom stereocenters. The normalized spacial score (nSPS) is 30.0. The van der Waals surface area contributed by atoms with Crippen molar-refractivity contribution in [2.45, 2.75) is 140 Å². The molecule has 0 aromatic heterocycles. The van der Waals surface area contributed by atoms with E-state index in [-0.39, 0.29) is 72.6 Å². The summed E-state index contributed by atoms with van der Waals surface area (Å²) in [6.07, 6.45) is -1.24. The van der Waals surface area contributed by atoms with E-state index >= 15 is 0 Å². The highest BCUT2D eigenvalue weighted by molar-refractivity contribution is 5.76. The van der Waals surface area contributed by atoms with Gasteiger partial charge < -0.3 is 23.7 Å². The monoisotopic (exact) mass is 720 g/mol. The minimum atomic E-state index is -0.681. The summed E-state index contributed by atoms with van der Waals surface area (Å²) in [5.74, 6) is -0.504. The van der Waals surface area contributed by atoms with E-state index in [0.717, 1.165) is 28.7 Å². The van der Waals surface area contributed by atoms with Crippen LogP contribution in [0.15, 0.2) is 48.5 Å². The van der Waals surface area contributed by atoms with Crippen LogP contribution in [0.1, 0.15) is 127 Å². The zero-order valence-corrected chi connectivity index (χ0v) is 34.1. The Morgan fingerprint density at radius 3 is 1.38 bits per heavy atom. The van der Waals surface area contributed by atoms with Crippen molar-refractivity contribution in [1.29, 1.82) is 0 Å². The lowest BCUT2D eigenvalue weighted by molar-refractivity contribution is -0.214. The highest BCUT2D eigenvalue weighted by Gasteiger charge is 2.47. The quantitative estimate of drug-likeness (QED) is 0.197. The lowest BCUT2D eigenvalue weighted by Gasteiger charge is -2.45. The van der Waals surface area contributed by atoms with Crippen molar-refractivity contribution in [2.24, 2.45) is 39.9 Å². The Kier molecular flexibility index (Phi) is 12.8. The molecule has 0 spiro atoms. The summed E-state index contributed by atoms with van der Waals surface area (Å²) in [6.45, 7) is 27.2. The molecule has 2 heterocycles. The molecule has 10 atom stereocenters. The predicted octanol–water partition coefficient (Wildman–Crippen LogP) is 9.69. The van der Waals surface area contributed by atoms with Crippen molar-refractivity contribution in [3.05, 3.63) is 59.7 Å². The van der Waals surface area contributed by atoms with E-state index in [1.54, 1.807) is 0 Å². The number of esters is 3. The first kappa shape index (κ1) is 41.5. The van der Waals surface area contributed by atoms with Crippen LogP contribution >= 0.6 is 0 Å². The van der Waals surface area contributed by atoms with Gasteiger partial charge in [-0.05, 0) is 103 Å². The molecule has 0 amide bonds. The Labute approximate surface area is 312 Å².